The van der Waals surface area contributed by atoms with Gasteiger partial charge in [0.15, 0.2) is 0 Å². The lowest BCUT2D eigenvalue weighted by atomic mass is 9.91. The Morgan fingerprint density at radius 3 is 2.33 bits per heavy atom. The number of halogens is 2. The molecule has 1 unspecified atom stereocenters. The van der Waals surface area contributed by atoms with E-state index in [0.29, 0.717) is 25.9 Å². The first kappa shape index (κ1) is 17.1. The van der Waals surface area contributed by atoms with Gasteiger partial charge in [-0.05, 0) is 61.3 Å². The van der Waals surface area contributed by atoms with Gasteiger partial charge >= 0.3 is 5.97 Å². The van der Waals surface area contributed by atoms with Gasteiger partial charge in [-0.15, -0.1) is 0 Å². The average Bonchev–Trinajstić information content (AvgIpc) is 2.56. The summed E-state index contributed by atoms with van der Waals surface area (Å²) in [6, 6.07) is 14.6. The van der Waals surface area contributed by atoms with Gasteiger partial charge in [-0.1, -0.05) is 40.2 Å². The Kier molecular flexibility index (Phi) is 5.31. The summed E-state index contributed by atoms with van der Waals surface area (Å²) >= 11 is 3.50. The summed E-state index contributed by atoms with van der Waals surface area (Å²) in [5, 5.41) is 9.20. The average molecular weight is 392 g/mol. The number of aliphatic carboxylic acids is 1. The highest BCUT2D eigenvalue weighted by atomic mass is 79.9. The van der Waals surface area contributed by atoms with Crippen LogP contribution < -0.4 is 0 Å². The first-order valence-electron chi connectivity index (χ1n) is 8.02. The van der Waals surface area contributed by atoms with E-state index in [2.05, 4.69) is 20.8 Å². The second-order valence-electron chi connectivity index (χ2n) is 6.16. The fourth-order valence-electron chi connectivity index (χ4n) is 3.37. The minimum Gasteiger partial charge on any atom is -0.481 e. The minimum absolute atomic E-state index is 0.0760. The van der Waals surface area contributed by atoms with Gasteiger partial charge in [0.1, 0.15) is 5.82 Å². The number of carboxylic acid groups (broad SMARTS) is 1. The summed E-state index contributed by atoms with van der Waals surface area (Å²) < 4.78 is 14.7. The summed E-state index contributed by atoms with van der Waals surface area (Å²) in [5.74, 6) is -1.26. The highest BCUT2D eigenvalue weighted by Crippen LogP contribution is 2.33. The van der Waals surface area contributed by atoms with Crippen molar-refractivity contribution in [3.05, 3.63) is 69.9 Å². The molecule has 0 spiro atoms. The number of carbonyl (C=O) groups is 1. The number of benzene rings is 2. The molecule has 0 saturated carbocycles. The molecule has 0 aliphatic carbocycles. The van der Waals surface area contributed by atoms with E-state index in [1.807, 2.05) is 30.3 Å². The van der Waals surface area contributed by atoms with Gasteiger partial charge in [0, 0.05) is 4.47 Å². The third-order valence-electron chi connectivity index (χ3n) is 4.57. The summed E-state index contributed by atoms with van der Waals surface area (Å²) in [6.07, 6.45) is 1.24. The van der Waals surface area contributed by atoms with Gasteiger partial charge in [0.2, 0.25) is 0 Å². The first-order chi connectivity index (χ1) is 11.5. The molecule has 1 heterocycles. The molecule has 0 radical (unpaired) electrons. The van der Waals surface area contributed by atoms with Gasteiger partial charge in [0.25, 0.3) is 0 Å². The van der Waals surface area contributed by atoms with E-state index in [4.69, 9.17) is 0 Å². The fourth-order valence-corrected chi connectivity index (χ4v) is 3.79. The first-order valence-corrected chi connectivity index (χ1v) is 8.81. The maximum atomic E-state index is 13.8. The Balaban J connectivity index is 1.93. The number of nitrogens with zero attached hydrogens (tertiary/aromatic N) is 1. The van der Waals surface area contributed by atoms with E-state index in [9.17, 15) is 14.3 Å². The van der Waals surface area contributed by atoms with Crippen LogP contribution >= 0.6 is 15.9 Å². The number of likely N-dealkylation sites (tertiary alicyclic amines) is 1. The molecular weight excluding hydrogens is 373 g/mol. The molecule has 0 amide bonds. The van der Waals surface area contributed by atoms with Crippen molar-refractivity contribution < 1.29 is 14.3 Å². The summed E-state index contributed by atoms with van der Waals surface area (Å²) in [4.78, 5) is 13.4. The zero-order chi connectivity index (χ0) is 17.1. The molecule has 3 nitrogen and oxygen atoms in total. The molecule has 126 valence electrons. The molecule has 1 aliphatic heterocycles. The van der Waals surface area contributed by atoms with Crippen LogP contribution in [0.5, 0.6) is 0 Å². The molecule has 1 atom stereocenters. The molecule has 1 fully saturated rings. The maximum absolute atomic E-state index is 13.8. The monoisotopic (exact) mass is 391 g/mol. The maximum Gasteiger partial charge on any atom is 0.306 e. The summed E-state index contributed by atoms with van der Waals surface area (Å²) in [5.41, 5.74) is 1.96. The van der Waals surface area contributed by atoms with E-state index in [0.717, 1.165) is 15.6 Å². The minimum atomic E-state index is -0.723. The Morgan fingerprint density at radius 1 is 1.12 bits per heavy atom. The third-order valence-corrected chi connectivity index (χ3v) is 5.07. The van der Waals surface area contributed by atoms with Crippen molar-refractivity contribution in [1.29, 1.82) is 0 Å². The van der Waals surface area contributed by atoms with Crippen LogP contribution in [0.2, 0.25) is 0 Å². The lowest BCUT2D eigenvalue weighted by Gasteiger charge is -2.37. The van der Waals surface area contributed by atoms with Crippen molar-refractivity contribution in [2.45, 2.75) is 18.9 Å². The van der Waals surface area contributed by atoms with Crippen LogP contribution in [0.15, 0.2) is 53.0 Å². The van der Waals surface area contributed by atoms with Crippen LogP contribution in [0.3, 0.4) is 0 Å². The highest BCUT2D eigenvalue weighted by Gasteiger charge is 2.30. The summed E-state index contributed by atoms with van der Waals surface area (Å²) in [6.45, 7) is 1.37. The van der Waals surface area contributed by atoms with Crippen molar-refractivity contribution >= 4 is 21.9 Å². The Bertz CT molecular complexity index is 683. The number of hydrogen-bond acceptors (Lipinski definition) is 2. The molecule has 0 bridgehead atoms. The Labute approximate surface area is 149 Å². The Hall–Kier alpha value is -1.72. The molecule has 0 aromatic heterocycles. The molecule has 3 rings (SSSR count). The lowest BCUT2D eigenvalue weighted by Crippen LogP contribution is -2.39. The van der Waals surface area contributed by atoms with Crippen LogP contribution in [0.25, 0.3) is 0 Å². The quantitative estimate of drug-likeness (QED) is 0.835. The fraction of sp³-hybridized carbons (Fsp3) is 0.316. The molecule has 2 aromatic rings. The molecular formula is C19H19BrFNO2. The number of hydrogen-bond donors (Lipinski definition) is 1. The van der Waals surface area contributed by atoms with Crippen LogP contribution in [-0.4, -0.2) is 29.1 Å². The van der Waals surface area contributed by atoms with Crippen LogP contribution in [0, 0.1) is 11.7 Å². The van der Waals surface area contributed by atoms with E-state index >= 15 is 0 Å². The van der Waals surface area contributed by atoms with Gasteiger partial charge in [0.05, 0.1) is 12.0 Å². The summed E-state index contributed by atoms with van der Waals surface area (Å²) in [7, 11) is 0. The van der Waals surface area contributed by atoms with Crippen molar-refractivity contribution in [3.63, 3.8) is 0 Å². The van der Waals surface area contributed by atoms with Crippen molar-refractivity contribution in [3.8, 4) is 0 Å². The predicted octanol–water partition coefficient (Wildman–Crippen LogP) is 4.47. The standard InChI is InChI=1S/C19H19BrFNO2/c20-16-5-1-3-14(11-16)18(15-4-2-6-17(21)12-15)22-9-7-13(8-10-22)19(23)24/h1-6,11-13,18H,7-10H2,(H,23,24). The lowest BCUT2D eigenvalue weighted by molar-refractivity contribution is -0.143. The number of rotatable bonds is 4. The Morgan fingerprint density at radius 2 is 1.75 bits per heavy atom. The normalized spacial score (nSPS) is 17.6. The van der Waals surface area contributed by atoms with Crippen molar-refractivity contribution in [1.82, 2.24) is 4.90 Å². The van der Waals surface area contributed by atoms with E-state index < -0.39 is 5.97 Å². The zero-order valence-corrected chi connectivity index (χ0v) is 14.7. The topological polar surface area (TPSA) is 40.5 Å². The van der Waals surface area contributed by atoms with Crippen molar-refractivity contribution in [2.75, 3.05) is 13.1 Å². The number of piperidine rings is 1. The van der Waals surface area contributed by atoms with Gasteiger partial charge < -0.3 is 5.11 Å². The van der Waals surface area contributed by atoms with E-state index in [1.54, 1.807) is 12.1 Å². The van der Waals surface area contributed by atoms with Crippen molar-refractivity contribution in [2.24, 2.45) is 5.92 Å². The number of carboxylic acids is 1. The molecule has 5 heteroatoms. The molecule has 1 N–H and O–H groups in total. The highest BCUT2D eigenvalue weighted by molar-refractivity contribution is 9.10. The largest absolute Gasteiger partial charge is 0.481 e. The van der Waals surface area contributed by atoms with E-state index in [-0.39, 0.29) is 17.8 Å². The van der Waals surface area contributed by atoms with Crippen LogP contribution in [0.4, 0.5) is 4.39 Å². The second kappa shape index (κ2) is 7.45. The molecule has 24 heavy (non-hydrogen) atoms. The van der Waals surface area contributed by atoms with Crippen LogP contribution in [0.1, 0.15) is 30.0 Å². The predicted molar refractivity (Wildman–Crippen MR) is 94.3 cm³/mol. The smallest absolute Gasteiger partial charge is 0.306 e. The van der Waals surface area contributed by atoms with Crippen LogP contribution in [-0.2, 0) is 4.79 Å². The zero-order valence-electron chi connectivity index (χ0n) is 13.2. The van der Waals surface area contributed by atoms with Gasteiger partial charge in [-0.25, -0.2) is 4.39 Å². The van der Waals surface area contributed by atoms with Gasteiger partial charge in [-0.2, -0.15) is 0 Å². The second-order valence-corrected chi connectivity index (χ2v) is 7.08. The molecule has 2 aromatic carbocycles. The van der Waals surface area contributed by atoms with E-state index in [1.165, 1.54) is 6.07 Å². The van der Waals surface area contributed by atoms with Gasteiger partial charge in [-0.3, -0.25) is 9.69 Å². The molecule has 1 aliphatic rings. The third kappa shape index (κ3) is 3.84. The molecule has 1 saturated heterocycles. The SMILES string of the molecule is O=C(O)C1CCN(C(c2cccc(F)c2)c2cccc(Br)c2)CC1.